The van der Waals surface area contributed by atoms with Crippen LogP contribution in [-0.4, -0.2) is 19.4 Å². The van der Waals surface area contributed by atoms with Gasteiger partial charge in [0, 0.05) is 11.6 Å². The predicted octanol–water partition coefficient (Wildman–Crippen LogP) is 1.15. The number of rotatable bonds is 5. The largest absolute Gasteiger partial charge is 0.389 e. The number of sulfonamides is 1. The van der Waals surface area contributed by atoms with Gasteiger partial charge in [-0.05, 0) is 17.9 Å². The Balaban J connectivity index is 2.02. The molecule has 0 aliphatic heterocycles. The van der Waals surface area contributed by atoms with Crippen molar-refractivity contribution in [1.29, 1.82) is 0 Å². The monoisotopic (exact) mass is 284 g/mol. The number of benzene rings is 1. The van der Waals surface area contributed by atoms with Crippen LogP contribution in [0.1, 0.15) is 24.5 Å². The van der Waals surface area contributed by atoms with Crippen LogP contribution < -0.4 is 10.5 Å². The zero-order chi connectivity index (χ0) is 13.3. The average molecular weight is 284 g/mol. The van der Waals surface area contributed by atoms with Crippen LogP contribution >= 0.6 is 12.2 Å². The molecule has 2 unspecified atom stereocenters. The molecule has 1 aromatic carbocycles. The molecule has 2 atom stereocenters. The number of nitrogens with two attached hydrogens (primary N) is 1. The molecule has 18 heavy (non-hydrogen) atoms. The van der Waals surface area contributed by atoms with E-state index < -0.39 is 10.0 Å². The molecule has 1 fully saturated rings. The molecule has 0 bridgehead atoms. The van der Waals surface area contributed by atoms with Crippen molar-refractivity contribution in [2.45, 2.75) is 25.1 Å². The van der Waals surface area contributed by atoms with Crippen molar-refractivity contribution < 1.29 is 8.42 Å². The molecule has 0 aromatic heterocycles. The quantitative estimate of drug-likeness (QED) is 0.796. The lowest BCUT2D eigenvalue weighted by Gasteiger charge is -2.06. The van der Waals surface area contributed by atoms with E-state index >= 15 is 0 Å². The van der Waals surface area contributed by atoms with Crippen LogP contribution in [0.5, 0.6) is 0 Å². The van der Waals surface area contributed by atoms with Gasteiger partial charge in [0.25, 0.3) is 0 Å². The van der Waals surface area contributed by atoms with E-state index in [-0.39, 0.29) is 11.8 Å². The molecule has 3 N–H and O–H groups in total. The topological polar surface area (TPSA) is 72.2 Å². The second kappa shape index (κ2) is 4.95. The molecule has 0 radical (unpaired) electrons. The minimum atomic E-state index is -3.25. The third-order valence-corrected chi connectivity index (χ3v) is 4.65. The minimum absolute atomic E-state index is 0.00612. The average Bonchev–Trinajstić information content (AvgIpc) is 2.93. The summed E-state index contributed by atoms with van der Waals surface area (Å²) in [5, 5.41) is 0. The molecule has 2 rings (SSSR count). The highest BCUT2D eigenvalue weighted by Crippen LogP contribution is 2.30. The molecule has 1 saturated carbocycles. The van der Waals surface area contributed by atoms with Crippen molar-refractivity contribution >= 4 is 27.2 Å². The summed E-state index contributed by atoms with van der Waals surface area (Å²) in [6.45, 7) is 2.03. The number of hydrogen-bond donors (Lipinski definition) is 2. The first-order valence-corrected chi connectivity index (χ1v) is 7.82. The molecule has 0 heterocycles. The van der Waals surface area contributed by atoms with Gasteiger partial charge in [0.2, 0.25) is 10.0 Å². The van der Waals surface area contributed by atoms with Gasteiger partial charge in [-0.2, -0.15) is 0 Å². The maximum Gasteiger partial charge on any atom is 0.216 e. The van der Waals surface area contributed by atoms with Crippen molar-refractivity contribution in [3.8, 4) is 0 Å². The zero-order valence-corrected chi connectivity index (χ0v) is 11.7. The first-order valence-electron chi connectivity index (χ1n) is 5.76. The Morgan fingerprint density at radius 2 is 2.00 bits per heavy atom. The summed E-state index contributed by atoms with van der Waals surface area (Å²) in [6, 6.07) is 7.08. The van der Waals surface area contributed by atoms with Gasteiger partial charge >= 0.3 is 0 Å². The molecular formula is C12H16N2O2S2. The molecule has 98 valence electrons. The Kier molecular flexibility index (Phi) is 3.70. The Labute approximate surface area is 113 Å². The molecule has 0 spiro atoms. The molecule has 1 aliphatic rings. The third kappa shape index (κ3) is 3.51. The summed E-state index contributed by atoms with van der Waals surface area (Å²) in [4.78, 5) is 0.314. The van der Waals surface area contributed by atoms with Crippen molar-refractivity contribution in [2.75, 3.05) is 0 Å². The Morgan fingerprint density at radius 1 is 1.44 bits per heavy atom. The Morgan fingerprint density at radius 3 is 2.44 bits per heavy atom. The highest BCUT2D eigenvalue weighted by Gasteiger charge is 2.35. The van der Waals surface area contributed by atoms with Crippen LogP contribution in [0, 0.1) is 5.92 Å². The van der Waals surface area contributed by atoms with Gasteiger partial charge in [0.15, 0.2) is 0 Å². The van der Waals surface area contributed by atoms with Crippen LogP contribution in [0.2, 0.25) is 0 Å². The highest BCUT2D eigenvalue weighted by atomic mass is 32.2. The fourth-order valence-corrected chi connectivity index (χ4v) is 3.38. The van der Waals surface area contributed by atoms with Crippen LogP contribution in [0.4, 0.5) is 0 Å². The summed E-state index contributed by atoms with van der Waals surface area (Å²) in [6.07, 6.45) is 0.930. The molecule has 0 amide bonds. The lowest BCUT2D eigenvalue weighted by molar-refractivity contribution is 0.577. The molecule has 6 heteroatoms. The number of hydrogen-bond acceptors (Lipinski definition) is 3. The predicted molar refractivity (Wildman–Crippen MR) is 75.7 cm³/mol. The second-order valence-electron chi connectivity index (χ2n) is 4.76. The first-order chi connectivity index (χ1) is 8.37. The van der Waals surface area contributed by atoms with E-state index in [2.05, 4.69) is 4.72 Å². The Bertz CT molecular complexity index is 552. The number of nitrogens with one attached hydrogen (secondary N) is 1. The Hall–Kier alpha value is -0.980. The fraction of sp³-hybridized carbons (Fsp3) is 0.417. The van der Waals surface area contributed by atoms with E-state index in [0.29, 0.717) is 10.9 Å². The van der Waals surface area contributed by atoms with Crippen molar-refractivity contribution in [3.63, 3.8) is 0 Å². The summed E-state index contributed by atoms with van der Waals surface area (Å²) in [7, 11) is -3.25. The zero-order valence-electron chi connectivity index (χ0n) is 10.1. The number of thiocarbonyl (C=S) groups is 1. The standard InChI is InChI=1S/C12H16N2O2S2/c1-8-6-11(8)14-18(15,16)7-9-2-4-10(5-3-9)12(13)17/h2-5,8,11,14H,6-7H2,1H3,(H2,13,17). The fourth-order valence-electron chi connectivity index (χ4n) is 1.74. The molecule has 1 aliphatic carbocycles. The van der Waals surface area contributed by atoms with Crippen LogP contribution in [0.15, 0.2) is 24.3 Å². The normalized spacial score (nSPS) is 22.7. The maximum atomic E-state index is 11.9. The third-order valence-electron chi connectivity index (χ3n) is 3.04. The van der Waals surface area contributed by atoms with Gasteiger partial charge in [-0.1, -0.05) is 43.4 Å². The van der Waals surface area contributed by atoms with Gasteiger partial charge in [-0.15, -0.1) is 0 Å². The van der Waals surface area contributed by atoms with E-state index in [9.17, 15) is 8.42 Å². The van der Waals surface area contributed by atoms with Gasteiger partial charge < -0.3 is 5.73 Å². The second-order valence-corrected chi connectivity index (χ2v) is 6.95. The molecular weight excluding hydrogens is 268 g/mol. The van der Waals surface area contributed by atoms with Crippen LogP contribution in [-0.2, 0) is 15.8 Å². The highest BCUT2D eigenvalue weighted by molar-refractivity contribution is 7.88. The van der Waals surface area contributed by atoms with E-state index in [1.165, 1.54) is 0 Å². The van der Waals surface area contributed by atoms with Crippen LogP contribution in [0.3, 0.4) is 0 Å². The lowest BCUT2D eigenvalue weighted by atomic mass is 10.1. The van der Waals surface area contributed by atoms with Gasteiger partial charge in [0.05, 0.1) is 5.75 Å². The van der Waals surface area contributed by atoms with Gasteiger partial charge in [0.1, 0.15) is 4.99 Å². The van der Waals surface area contributed by atoms with Crippen molar-refractivity contribution in [2.24, 2.45) is 11.7 Å². The van der Waals surface area contributed by atoms with Crippen molar-refractivity contribution in [1.82, 2.24) is 4.72 Å². The lowest BCUT2D eigenvalue weighted by Crippen LogP contribution is -2.28. The SMILES string of the molecule is CC1CC1NS(=O)(=O)Cc1ccc(C(N)=S)cc1. The summed E-state index contributed by atoms with van der Waals surface area (Å²) >= 11 is 4.84. The van der Waals surface area contributed by atoms with E-state index in [1.54, 1.807) is 24.3 Å². The van der Waals surface area contributed by atoms with Crippen molar-refractivity contribution in [3.05, 3.63) is 35.4 Å². The summed E-state index contributed by atoms with van der Waals surface area (Å²) in [5.74, 6) is 0.449. The summed E-state index contributed by atoms with van der Waals surface area (Å²) < 4.78 is 26.4. The van der Waals surface area contributed by atoms with Crippen LogP contribution in [0.25, 0.3) is 0 Å². The molecule has 1 aromatic rings. The van der Waals surface area contributed by atoms with E-state index in [1.807, 2.05) is 6.92 Å². The minimum Gasteiger partial charge on any atom is -0.389 e. The van der Waals surface area contributed by atoms with Gasteiger partial charge in [-0.3, -0.25) is 0 Å². The van der Waals surface area contributed by atoms with E-state index in [4.69, 9.17) is 18.0 Å². The smallest absolute Gasteiger partial charge is 0.216 e. The molecule has 4 nitrogen and oxygen atoms in total. The van der Waals surface area contributed by atoms with E-state index in [0.717, 1.165) is 17.5 Å². The maximum absolute atomic E-state index is 11.9. The molecule has 0 saturated heterocycles. The first kappa shape index (κ1) is 13.5. The van der Waals surface area contributed by atoms with Gasteiger partial charge in [-0.25, -0.2) is 13.1 Å². The summed E-state index contributed by atoms with van der Waals surface area (Å²) in [5.41, 5.74) is 6.96.